The minimum atomic E-state index is -4.35. The molecular weight excluding hydrogens is 550 g/mol. The number of halogens is 6. The number of alkyl halides is 6. The van der Waals surface area contributed by atoms with Crippen LogP contribution in [0.15, 0.2) is 42.5 Å². The van der Waals surface area contributed by atoms with Crippen molar-refractivity contribution in [2.24, 2.45) is 17.3 Å². The highest BCUT2D eigenvalue weighted by Gasteiger charge is 2.38. The first-order valence-corrected chi connectivity index (χ1v) is 12.7. The fourth-order valence-electron chi connectivity index (χ4n) is 4.30. The van der Waals surface area contributed by atoms with Gasteiger partial charge in [-0.1, -0.05) is 58.9 Å². The molecule has 0 atom stereocenters. The van der Waals surface area contributed by atoms with E-state index in [9.17, 15) is 31.1 Å². The summed E-state index contributed by atoms with van der Waals surface area (Å²) < 4.78 is 74.7. The Bertz CT molecular complexity index is 1020. The van der Waals surface area contributed by atoms with Crippen LogP contribution in [-0.4, -0.2) is 26.2 Å². The van der Waals surface area contributed by atoms with Crippen LogP contribution in [0.2, 0.25) is 0 Å². The third-order valence-electron chi connectivity index (χ3n) is 6.33. The van der Waals surface area contributed by atoms with Crippen molar-refractivity contribution < 1.29 is 45.5 Å². The van der Waals surface area contributed by atoms with E-state index in [1.807, 2.05) is 34.2 Å². The van der Waals surface area contributed by atoms with Gasteiger partial charge in [-0.2, -0.15) is 26.3 Å². The van der Waals surface area contributed by atoms with E-state index >= 15 is 0 Å². The fraction of sp³-hybridized carbons (Fsp3) is 0.484. The monoisotopic (exact) mass is 592 g/mol. The van der Waals surface area contributed by atoms with E-state index in [-0.39, 0.29) is 11.2 Å². The second-order valence-electron chi connectivity index (χ2n) is 9.72. The molecule has 2 aromatic carbocycles. The maximum atomic E-state index is 12.7. The lowest BCUT2D eigenvalue weighted by atomic mass is 9.61. The summed E-state index contributed by atoms with van der Waals surface area (Å²) in [7, 11) is 0. The number of carbonyl (C=O) groups excluding carboxylic acids is 4. The van der Waals surface area contributed by atoms with Crippen molar-refractivity contribution in [3.8, 4) is 0 Å². The smallest absolute Gasteiger partial charge is 0.307 e. The summed E-state index contributed by atoms with van der Waals surface area (Å²) >= 11 is 0. The van der Waals surface area contributed by atoms with Gasteiger partial charge < -0.3 is 14.4 Å². The molecule has 0 heterocycles. The molecule has 0 aliphatic heterocycles. The minimum absolute atomic E-state index is 0.0801. The summed E-state index contributed by atoms with van der Waals surface area (Å²) in [4.78, 5) is 34.9. The van der Waals surface area contributed by atoms with Gasteiger partial charge in [0.1, 0.15) is 20.4 Å². The van der Waals surface area contributed by atoms with Crippen molar-refractivity contribution in [1.29, 1.82) is 0 Å². The summed E-state index contributed by atoms with van der Waals surface area (Å²) in [6, 6.07) is 8.86. The summed E-state index contributed by atoms with van der Waals surface area (Å²) in [5.41, 5.74) is 0.295. The zero-order valence-corrected chi connectivity index (χ0v) is 24.8. The van der Waals surface area contributed by atoms with E-state index in [0.717, 1.165) is 29.7 Å². The van der Waals surface area contributed by atoms with Crippen LogP contribution >= 0.6 is 0 Å². The van der Waals surface area contributed by atoms with E-state index in [1.54, 1.807) is 6.07 Å². The molecule has 1 aliphatic rings. The van der Waals surface area contributed by atoms with Gasteiger partial charge in [-0.25, -0.2) is 0 Å². The van der Waals surface area contributed by atoms with Gasteiger partial charge in [-0.05, 0) is 79.7 Å². The molecule has 0 amide bonds. The second-order valence-corrected chi connectivity index (χ2v) is 9.72. The molecule has 10 heteroatoms. The first kappa shape index (κ1) is 42.2. The van der Waals surface area contributed by atoms with Crippen LogP contribution in [0, 0.1) is 24.2 Å². The normalized spacial score (nSPS) is 15.5. The molecule has 0 radical (unpaired) electrons. The number of hydrogen-bond donors (Lipinski definition) is 0. The SMILES string of the molecule is C=O.C=O.C=O.CC.CC(=O)c1ccc(C(F)(F)F)cc1C.CC1CC(C(C)(C)Cc2cccc(C(F)(F)F)c2)C1. The molecule has 2 aromatic rings. The van der Waals surface area contributed by atoms with Gasteiger partial charge in [0.25, 0.3) is 0 Å². The maximum Gasteiger partial charge on any atom is 0.416 e. The molecule has 0 aromatic heterocycles. The molecule has 0 spiro atoms. The van der Waals surface area contributed by atoms with Gasteiger partial charge in [-0.3, -0.25) is 4.79 Å². The number of aryl methyl sites for hydroxylation is 1. The molecule has 1 aliphatic carbocycles. The number of rotatable bonds is 4. The van der Waals surface area contributed by atoms with Crippen molar-refractivity contribution in [2.45, 2.75) is 80.1 Å². The Morgan fingerprint density at radius 2 is 1.24 bits per heavy atom. The van der Waals surface area contributed by atoms with Crippen LogP contribution in [0.25, 0.3) is 0 Å². The Morgan fingerprint density at radius 3 is 1.61 bits per heavy atom. The molecule has 3 rings (SSSR count). The number of ketones is 1. The van der Waals surface area contributed by atoms with Gasteiger partial charge in [0.15, 0.2) is 5.78 Å². The minimum Gasteiger partial charge on any atom is -0.307 e. The molecule has 0 unspecified atom stereocenters. The van der Waals surface area contributed by atoms with Crippen molar-refractivity contribution in [3.05, 3.63) is 70.3 Å². The Labute approximate surface area is 239 Å². The van der Waals surface area contributed by atoms with Crippen LogP contribution in [0.1, 0.15) is 87.0 Å². The predicted octanol–water partition coefficient (Wildman–Crippen LogP) is 9.01. The first-order chi connectivity index (χ1) is 19.0. The Kier molecular flexibility index (Phi) is 20.3. The van der Waals surface area contributed by atoms with Gasteiger partial charge >= 0.3 is 12.4 Å². The maximum absolute atomic E-state index is 12.7. The fourth-order valence-corrected chi connectivity index (χ4v) is 4.30. The first-order valence-electron chi connectivity index (χ1n) is 12.7. The van der Waals surface area contributed by atoms with Crippen LogP contribution in [-0.2, 0) is 33.2 Å². The van der Waals surface area contributed by atoms with Crippen LogP contribution in [0.4, 0.5) is 26.3 Å². The summed E-state index contributed by atoms with van der Waals surface area (Å²) in [5, 5.41) is 0. The van der Waals surface area contributed by atoms with Crippen molar-refractivity contribution in [2.75, 3.05) is 0 Å². The number of Topliss-reactive ketones (excluding diaryl/α,β-unsaturated/α-hetero) is 1. The Morgan fingerprint density at radius 1 is 0.805 bits per heavy atom. The van der Waals surface area contributed by atoms with Crippen LogP contribution < -0.4 is 0 Å². The standard InChI is InChI=1S/C16H21F3.C10H9F3O.C2H6.3CH2O/c1-11-7-14(8-11)15(2,3)10-12-5-4-6-13(9-12)16(17,18)19;1-6-5-8(10(11,12)13)3-4-9(6)7(2)14;4*1-2/h4-6,9,11,14H,7-8,10H2,1-3H3;3-5H,1-2H3;1-2H3;3*1H2. The van der Waals surface area contributed by atoms with Gasteiger partial charge in [0.05, 0.1) is 11.1 Å². The highest BCUT2D eigenvalue weighted by molar-refractivity contribution is 5.95. The lowest BCUT2D eigenvalue weighted by Gasteiger charge is -2.44. The molecule has 1 fully saturated rings. The quantitative estimate of drug-likeness (QED) is 0.262. The van der Waals surface area contributed by atoms with Crippen molar-refractivity contribution in [3.63, 3.8) is 0 Å². The Balaban J connectivity index is -0.000000581. The second kappa shape index (κ2) is 19.7. The predicted molar refractivity (Wildman–Crippen MR) is 150 cm³/mol. The lowest BCUT2D eigenvalue weighted by molar-refractivity contribution is -0.138. The van der Waals surface area contributed by atoms with E-state index < -0.39 is 23.5 Å². The highest BCUT2D eigenvalue weighted by Crippen LogP contribution is 2.47. The van der Waals surface area contributed by atoms with Gasteiger partial charge in [0, 0.05) is 5.56 Å². The Hall–Kier alpha value is -3.30. The van der Waals surface area contributed by atoms with Crippen LogP contribution in [0.3, 0.4) is 0 Å². The third kappa shape index (κ3) is 14.8. The average molecular weight is 593 g/mol. The molecule has 0 N–H and O–H groups in total. The zero-order valence-electron chi connectivity index (χ0n) is 24.8. The van der Waals surface area contributed by atoms with Gasteiger partial charge in [-0.15, -0.1) is 0 Å². The largest absolute Gasteiger partial charge is 0.416 e. The number of benzene rings is 2. The third-order valence-corrected chi connectivity index (χ3v) is 6.33. The topological polar surface area (TPSA) is 68.3 Å². The van der Waals surface area contributed by atoms with Crippen molar-refractivity contribution >= 4 is 26.2 Å². The highest BCUT2D eigenvalue weighted by atomic mass is 19.4. The number of carbonyl (C=O) groups is 4. The van der Waals surface area contributed by atoms with E-state index in [0.29, 0.717) is 23.5 Å². The average Bonchev–Trinajstić information content (AvgIpc) is 2.90. The number of hydrogen-bond acceptors (Lipinski definition) is 4. The van der Waals surface area contributed by atoms with Crippen molar-refractivity contribution in [1.82, 2.24) is 0 Å². The van der Waals surface area contributed by atoms with Gasteiger partial charge in [0.2, 0.25) is 0 Å². The summed E-state index contributed by atoms with van der Waals surface area (Å²) in [6.07, 6.45) is -5.47. The zero-order chi connectivity index (χ0) is 33.2. The lowest BCUT2D eigenvalue weighted by Crippen LogP contribution is -2.36. The summed E-state index contributed by atoms with van der Waals surface area (Å²) in [6.45, 7) is 19.4. The molecule has 1 saturated carbocycles. The molecule has 232 valence electrons. The van der Waals surface area contributed by atoms with E-state index in [4.69, 9.17) is 14.4 Å². The van der Waals surface area contributed by atoms with Crippen LogP contribution in [0.5, 0.6) is 0 Å². The van der Waals surface area contributed by atoms with E-state index in [1.165, 1.54) is 44.9 Å². The summed E-state index contributed by atoms with van der Waals surface area (Å²) in [5.74, 6) is 1.18. The molecule has 0 saturated heterocycles. The molecule has 0 bridgehead atoms. The molecule has 41 heavy (non-hydrogen) atoms. The molecular formula is C31H42F6O4. The van der Waals surface area contributed by atoms with E-state index in [2.05, 4.69) is 20.8 Å². The molecule has 4 nitrogen and oxygen atoms in total.